The molecule has 240 valence electrons. The summed E-state index contributed by atoms with van der Waals surface area (Å²) in [7, 11) is -0.0538. The summed E-state index contributed by atoms with van der Waals surface area (Å²) in [5.41, 5.74) is 7.99. The molecule has 2 aliphatic rings. The quantitative estimate of drug-likeness (QED) is 0.315. The van der Waals surface area contributed by atoms with E-state index >= 15 is 0 Å². The van der Waals surface area contributed by atoms with Gasteiger partial charge in [-0.1, -0.05) is 117 Å². The van der Waals surface area contributed by atoms with Crippen LogP contribution in [0.1, 0.15) is 165 Å². The number of benzene rings is 2. The molecule has 0 spiro atoms. The first-order valence-electron chi connectivity index (χ1n) is 16.9. The molecule has 1 aliphatic carbocycles. The van der Waals surface area contributed by atoms with Crippen molar-refractivity contribution in [3.8, 4) is 11.5 Å². The molecule has 2 nitrogen and oxygen atoms in total. The molecule has 0 radical (unpaired) electrons. The summed E-state index contributed by atoms with van der Waals surface area (Å²) in [4.78, 5) is 0. The lowest BCUT2D eigenvalue weighted by Crippen LogP contribution is -2.37. The zero-order valence-electron chi connectivity index (χ0n) is 29.0. The van der Waals surface area contributed by atoms with E-state index in [2.05, 4.69) is 93.5 Å². The van der Waals surface area contributed by atoms with E-state index in [0.29, 0.717) is 34.2 Å². The molecule has 0 aromatic heterocycles. The third kappa shape index (κ3) is 8.20. The Bertz CT molecular complexity index is 1220. The average molecular weight is 625 g/mol. The van der Waals surface area contributed by atoms with Crippen LogP contribution < -0.4 is 9.47 Å². The van der Waals surface area contributed by atoms with Crippen LogP contribution in [0.2, 0.25) is 0 Å². The highest BCUT2D eigenvalue weighted by Crippen LogP contribution is 2.48. The predicted molar refractivity (Wildman–Crippen MR) is 197 cm³/mol. The zero-order valence-corrected chi connectivity index (χ0v) is 30.6. The van der Waals surface area contributed by atoms with Crippen LogP contribution in [0, 0.1) is 0 Å². The lowest BCUT2D eigenvalue weighted by molar-refractivity contribution is -0.0831. The van der Waals surface area contributed by atoms with Gasteiger partial charge in [-0.2, -0.15) is 21.0 Å². The van der Waals surface area contributed by atoms with Crippen LogP contribution in [0.5, 0.6) is 11.5 Å². The summed E-state index contributed by atoms with van der Waals surface area (Å²) in [6.45, 7) is 22.6. The Balaban J connectivity index is 1.99. The molecule has 4 heteroatoms. The Hall–Kier alpha value is -1.52. The van der Waals surface area contributed by atoms with Crippen LogP contribution in [-0.2, 0) is 11.5 Å². The SMILES string of the molecule is C=S1Cc2cc(C(C)C)cc(C(C)C)c2OC(C)(C)Oc2c(cc(C(C)C)cc2C(C)C)CS(=C)C2CCCCCCC21. The molecule has 0 saturated heterocycles. The average Bonchev–Trinajstić information content (AvgIpc) is 2.89. The molecule has 2 aromatic rings. The minimum Gasteiger partial charge on any atom is -0.452 e. The molecular formula is C39H60O2S2. The molecule has 0 bridgehead atoms. The maximum Gasteiger partial charge on any atom is 0.245 e. The van der Waals surface area contributed by atoms with Gasteiger partial charge in [-0.25, -0.2) is 0 Å². The minimum absolute atomic E-state index is 0.0269. The van der Waals surface area contributed by atoms with Gasteiger partial charge in [-0.05, 0) is 58.8 Å². The number of hydrogen-bond acceptors (Lipinski definition) is 2. The topological polar surface area (TPSA) is 18.5 Å². The molecule has 1 heterocycles. The Morgan fingerprint density at radius 3 is 1.30 bits per heavy atom. The first kappa shape index (κ1) is 34.4. The van der Waals surface area contributed by atoms with Crippen molar-refractivity contribution < 1.29 is 9.47 Å². The summed E-state index contributed by atoms with van der Waals surface area (Å²) < 4.78 is 14.2. The predicted octanol–water partition coefficient (Wildman–Crippen LogP) is 11.9. The molecule has 4 unspecified atom stereocenters. The van der Waals surface area contributed by atoms with E-state index in [1.165, 1.54) is 71.9 Å². The van der Waals surface area contributed by atoms with Gasteiger partial charge in [0.15, 0.2) is 0 Å². The van der Waals surface area contributed by atoms with E-state index in [-0.39, 0.29) is 21.0 Å². The van der Waals surface area contributed by atoms with Gasteiger partial charge in [0.25, 0.3) is 0 Å². The van der Waals surface area contributed by atoms with Crippen LogP contribution in [-0.4, -0.2) is 28.0 Å². The van der Waals surface area contributed by atoms with Crippen LogP contribution >= 0.6 is 21.0 Å². The molecule has 43 heavy (non-hydrogen) atoms. The van der Waals surface area contributed by atoms with Gasteiger partial charge in [0, 0.05) is 47.0 Å². The Labute approximate surface area is 269 Å². The molecule has 4 atom stereocenters. The van der Waals surface area contributed by atoms with E-state index in [1.807, 2.05) is 0 Å². The first-order valence-corrected chi connectivity index (χ1v) is 20.1. The molecular weight excluding hydrogens is 565 g/mol. The fourth-order valence-electron chi connectivity index (χ4n) is 6.77. The van der Waals surface area contributed by atoms with E-state index < -0.39 is 5.79 Å². The summed E-state index contributed by atoms with van der Waals surface area (Å²) in [6, 6.07) is 9.63. The summed E-state index contributed by atoms with van der Waals surface area (Å²) >= 11 is 0. The Kier molecular flexibility index (Phi) is 11.4. The van der Waals surface area contributed by atoms with E-state index in [0.717, 1.165) is 23.0 Å². The van der Waals surface area contributed by atoms with Crippen molar-refractivity contribution in [1.82, 2.24) is 0 Å². The van der Waals surface area contributed by atoms with Gasteiger partial charge in [0.1, 0.15) is 11.5 Å². The van der Waals surface area contributed by atoms with Crippen molar-refractivity contribution in [1.29, 1.82) is 0 Å². The second kappa shape index (κ2) is 14.3. The van der Waals surface area contributed by atoms with Crippen LogP contribution in [0.4, 0.5) is 0 Å². The summed E-state index contributed by atoms with van der Waals surface area (Å²) in [6.07, 6.45) is 7.86. The normalized spacial score (nSPS) is 24.9. The standard InChI is InChI=1S/C39H60O2S2/c1-25(2)29-19-31-23-42(11)35-17-15-13-14-16-18-36(35)43(12)24-32-20-30(26(3)4)22-34(28(7)8)38(32)41-39(9,10)40-37(31)33(21-29)27(5)6/h19-22,25-28,35-36H,11-18,23-24H2,1-10H3. The second-order valence-corrected chi connectivity index (χ2v) is 18.8. The van der Waals surface area contributed by atoms with Crippen LogP contribution in [0.25, 0.3) is 0 Å². The monoisotopic (exact) mass is 624 g/mol. The molecule has 1 saturated carbocycles. The highest BCUT2D eigenvalue weighted by molar-refractivity contribution is 8.17. The van der Waals surface area contributed by atoms with Crippen molar-refractivity contribution in [2.75, 3.05) is 0 Å². The zero-order chi connectivity index (χ0) is 31.6. The molecule has 1 fully saturated rings. The first-order chi connectivity index (χ1) is 20.2. The maximum absolute atomic E-state index is 7.09. The largest absolute Gasteiger partial charge is 0.452 e. The van der Waals surface area contributed by atoms with E-state index in [4.69, 9.17) is 21.2 Å². The van der Waals surface area contributed by atoms with Gasteiger partial charge in [0.2, 0.25) is 5.79 Å². The molecule has 2 aromatic carbocycles. The highest BCUT2D eigenvalue weighted by Gasteiger charge is 2.33. The van der Waals surface area contributed by atoms with Gasteiger partial charge >= 0.3 is 0 Å². The highest BCUT2D eigenvalue weighted by atomic mass is 32.2. The molecule has 1 aliphatic heterocycles. The van der Waals surface area contributed by atoms with Crippen molar-refractivity contribution in [3.63, 3.8) is 0 Å². The van der Waals surface area contributed by atoms with Crippen molar-refractivity contribution >= 4 is 32.7 Å². The van der Waals surface area contributed by atoms with E-state index in [1.54, 1.807) is 0 Å². The number of fused-ring (bicyclic) bond motifs is 3. The van der Waals surface area contributed by atoms with Gasteiger partial charge in [-0.3, -0.25) is 0 Å². The fourth-order valence-corrected chi connectivity index (χ4v) is 11.5. The van der Waals surface area contributed by atoms with Gasteiger partial charge < -0.3 is 9.47 Å². The summed E-state index contributed by atoms with van der Waals surface area (Å²) in [5.74, 6) is 14.7. The van der Waals surface area contributed by atoms with Crippen molar-refractivity contribution in [3.05, 3.63) is 57.6 Å². The van der Waals surface area contributed by atoms with Crippen LogP contribution in [0.3, 0.4) is 0 Å². The smallest absolute Gasteiger partial charge is 0.245 e. The number of hydrogen-bond donors (Lipinski definition) is 0. The fraction of sp³-hybridized carbons (Fsp3) is 0.641. The van der Waals surface area contributed by atoms with Crippen molar-refractivity contribution in [2.24, 2.45) is 0 Å². The third-order valence-electron chi connectivity index (χ3n) is 9.39. The molecule has 0 amide bonds. The molecule has 4 rings (SSSR count). The summed E-state index contributed by atoms with van der Waals surface area (Å²) in [5, 5.41) is 1.19. The third-order valence-corrected chi connectivity index (χ3v) is 13.8. The maximum atomic E-state index is 7.09. The minimum atomic E-state index is -0.842. The number of ether oxygens (including phenoxy) is 2. The lowest BCUT2D eigenvalue weighted by Gasteiger charge is -2.34. The van der Waals surface area contributed by atoms with Crippen molar-refractivity contribution in [2.45, 2.75) is 159 Å². The van der Waals surface area contributed by atoms with E-state index in [9.17, 15) is 0 Å². The lowest BCUT2D eigenvalue weighted by atomic mass is 9.92. The van der Waals surface area contributed by atoms with Gasteiger partial charge in [-0.15, -0.1) is 0 Å². The van der Waals surface area contributed by atoms with Gasteiger partial charge in [0.05, 0.1) is 0 Å². The van der Waals surface area contributed by atoms with Crippen LogP contribution in [0.15, 0.2) is 24.3 Å². The Morgan fingerprint density at radius 2 is 0.977 bits per heavy atom. The second-order valence-electron chi connectivity index (χ2n) is 14.9. The number of rotatable bonds is 4. The Morgan fingerprint density at radius 1 is 0.605 bits per heavy atom. The molecule has 0 N–H and O–H groups in total.